The topological polar surface area (TPSA) is 84.7 Å². The van der Waals surface area contributed by atoms with Crippen molar-refractivity contribution in [2.24, 2.45) is 7.05 Å². The third-order valence-corrected chi connectivity index (χ3v) is 3.12. The van der Waals surface area contributed by atoms with Crippen molar-refractivity contribution >= 4 is 11.9 Å². The lowest BCUT2D eigenvalue weighted by Crippen LogP contribution is -2.36. The Morgan fingerprint density at radius 3 is 2.74 bits per heavy atom. The van der Waals surface area contributed by atoms with E-state index in [2.05, 4.69) is 5.10 Å². The highest BCUT2D eigenvalue weighted by atomic mass is 16.5. The highest BCUT2D eigenvalue weighted by Crippen LogP contribution is 2.21. The lowest BCUT2D eigenvalue weighted by Gasteiger charge is -2.20. The number of aliphatic carboxylic acids is 1. The average molecular weight is 267 g/mol. The van der Waals surface area contributed by atoms with Crippen LogP contribution in [0.25, 0.3) is 0 Å². The molecule has 1 aromatic heterocycles. The maximum Gasteiger partial charge on any atom is 0.332 e. The minimum atomic E-state index is -1.01. The number of carboxylic acid groups (broad SMARTS) is 1. The second kappa shape index (κ2) is 5.40. The van der Waals surface area contributed by atoms with Gasteiger partial charge in [-0.15, -0.1) is 0 Å². The zero-order valence-electron chi connectivity index (χ0n) is 10.9. The zero-order valence-corrected chi connectivity index (χ0v) is 10.9. The lowest BCUT2D eigenvalue weighted by molar-refractivity contribution is -0.154. The van der Waals surface area contributed by atoms with Crippen LogP contribution in [-0.2, 0) is 27.9 Å². The normalized spacial score (nSPS) is 22.4. The van der Waals surface area contributed by atoms with Gasteiger partial charge in [0.15, 0.2) is 6.10 Å². The van der Waals surface area contributed by atoms with Gasteiger partial charge in [-0.1, -0.05) is 0 Å². The molecule has 1 fully saturated rings. The number of carboxylic acids is 1. The Morgan fingerprint density at radius 2 is 2.21 bits per heavy atom. The van der Waals surface area contributed by atoms with Crippen molar-refractivity contribution < 1.29 is 19.4 Å². The molecule has 1 saturated heterocycles. The standard InChI is InChI=1S/C12H17N3O4/c1-14(6-8-5-13-15(2)7-8)11(16)9-3-4-10(19-9)12(17)18/h5,7,9-10H,3-4,6H2,1-2H3,(H,17,18)/t9-,10+/m0/s1. The Hall–Kier alpha value is -1.89. The van der Waals surface area contributed by atoms with E-state index in [-0.39, 0.29) is 5.91 Å². The van der Waals surface area contributed by atoms with Gasteiger partial charge in [-0.05, 0) is 12.8 Å². The molecule has 7 nitrogen and oxygen atoms in total. The first-order valence-electron chi connectivity index (χ1n) is 6.08. The van der Waals surface area contributed by atoms with Gasteiger partial charge >= 0.3 is 5.97 Å². The van der Waals surface area contributed by atoms with E-state index in [1.807, 2.05) is 13.2 Å². The Kier molecular flexibility index (Phi) is 3.84. The van der Waals surface area contributed by atoms with Crippen LogP contribution in [0.5, 0.6) is 0 Å². The molecule has 1 aromatic rings. The van der Waals surface area contributed by atoms with Crippen LogP contribution in [0, 0.1) is 0 Å². The van der Waals surface area contributed by atoms with Gasteiger partial charge in [-0.25, -0.2) is 4.79 Å². The molecular formula is C12H17N3O4. The van der Waals surface area contributed by atoms with Gasteiger partial charge in [0.05, 0.1) is 6.20 Å². The van der Waals surface area contributed by atoms with Crippen molar-refractivity contribution in [3.05, 3.63) is 18.0 Å². The molecule has 0 aliphatic carbocycles. The first-order valence-corrected chi connectivity index (χ1v) is 6.08. The van der Waals surface area contributed by atoms with E-state index in [0.717, 1.165) is 5.56 Å². The fourth-order valence-corrected chi connectivity index (χ4v) is 2.15. The van der Waals surface area contributed by atoms with E-state index < -0.39 is 18.2 Å². The third kappa shape index (κ3) is 3.11. The van der Waals surface area contributed by atoms with Crippen LogP contribution in [0.1, 0.15) is 18.4 Å². The summed E-state index contributed by atoms with van der Waals surface area (Å²) in [6.07, 6.45) is 2.85. The molecule has 0 spiro atoms. The molecule has 19 heavy (non-hydrogen) atoms. The number of aryl methyl sites for hydroxylation is 1. The quantitative estimate of drug-likeness (QED) is 0.830. The summed E-state index contributed by atoms with van der Waals surface area (Å²) in [5.41, 5.74) is 0.922. The Morgan fingerprint density at radius 1 is 1.53 bits per heavy atom. The molecule has 1 aliphatic heterocycles. The van der Waals surface area contributed by atoms with E-state index in [9.17, 15) is 9.59 Å². The maximum atomic E-state index is 12.1. The Balaban J connectivity index is 1.91. The summed E-state index contributed by atoms with van der Waals surface area (Å²) in [6, 6.07) is 0. The monoisotopic (exact) mass is 267 g/mol. The van der Waals surface area contributed by atoms with Gasteiger partial charge in [0.1, 0.15) is 6.10 Å². The summed E-state index contributed by atoms with van der Waals surface area (Å²) < 4.78 is 6.90. The third-order valence-electron chi connectivity index (χ3n) is 3.12. The van der Waals surface area contributed by atoms with Gasteiger partial charge in [0.25, 0.3) is 5.91 Å². The summed E-state index contributed by atoms with van der Waals surface area (Å²) >= 11 is 0. The molecule has 0 bridgehead atoms. The largest absolute Gasteiger partial charge is 0.479 e. The molecule has 2 atom stereocenters. The fourth-order valence-electron chi connectivity index (χ4n) is 2.15. The predicted molar refractivity (Wildman–Crippen MR) is 65.2 cm³/mol. The van der Waals surface area contributed by atoms with Gasteiger partial charge in [0.2, 0.25) is 0 Å². The smallest absolute Gasteiger partial charge is 0.332 e. The summed E-state index contributed by atoms with van der Waals surface area (Å²) in [7, 11) is 3.48. The van der Waals surface area contributed by atoms with E-state index in [1.54, 1.807) is 17.9 Å². The van der Waals surface area contributed by atoms with E-state index in [4.69, 9.17) is 9.84 Å². The molecule has 7 heteroatoms. The first kappa shape index (κ1) is 13.5. The highest BCUT2D eigenvalue weighted by molar-refractivity contribution is 5.82. The number of likely N-dealkylation sites (N-methyl/N-ethyl adjacent to an activating group) is 1. The Bertz CT molecular complexity index is 485. The molecule has 2 heterocycles. The highest BCUT2D eigenvalue weighted by Gasteiger charge is 2.36. The molecule has 0 saturated carbocycles. The number of ether oxygens (including phenoxy) is 1. The molecule has 1 amide bonds. The van der Waals surface area contributed by atoms with Crippen LogP contribution in [-0.4, -0.2) is 50.9 Å². The van der Waals surface area contributed by atoms with Gasteiger partial charge in [-0.2, -0.15) is 5.10 Å². The number of carbonyl (C=O) groups is 2. The number of aromatic nitrogens is 2. The molecule has 0 aromatic carbocycles. The number of amides is 1. The second-order valence-corrected chi connectivity index (χ2v) is 4.75. The van der Waals surface area contributed by atoms with Crippen LogP contribution in [0.2, 0.25) is 0 Å². The minimum absolute atomic E-state index is 0.187. The van der Waals surface area contributed by atoms with Crippen LogP contribution in [0.4, 0.5) is 0 Å². The van der Waals surface area contributed by atoms with Crippen LogP contribution >= 0.6 is 0 Å². The van der Waals surface area contributed by atoms with Crippen molar-refractivity contribution in [3.8, 4) is 0 Å². The number of hydrogen-bond donors (Lipinski definition) is 1. The van der Waals surface area contributed by atoms with E-state index >= 15 is 0 Å². The van der Waals surface area contributed by atoms with Gasteiger partial charge in [0, 0.05) is 32.4 Å². The first-order chi connectivity index (χ1) is 8.97. The summed E-state index contributed by atoms with van der Waals surface area (Å²) in [5.74, 6) is -1.20. The second-order valence-electron chi connectivity index (χ2n) is 4.75. The molecule has 104 valence electrons. The van der Waals surface area contributed by atoms with Crippen LogP contribution in [0.3, 0.4) is 0 Å². The fraction of sp³-hybridized carbons (Fsp3) is 0.583. The Labute approximate surface area is 110 Å². The van der Waals surface area contributed by atoms with Crippen molar-refractivity contribution in [1.29, 1.82) is 0 Å². The molecule has 0 unspecified atom stereocenters. The predicted octanol–water partition coefficient (Wildman–Crippen LogP) is 0.0107. The number of rotatable bonds is 4. The van der Waals surface area contributed by atoms with E-state index in [1.165, 1.54) is 4.90 Å². The van der Waals surface area contributed by atoms with E-state index in [0.29, 0.717) is 19.4 Å². The van der Waals surface area contributed by atoms with Crippen molar-refractivity contribution in [1.82, 2.24) is 14.7 Å². The SMILES string of the molecule is CN(Cc1cnn(C)c1)C(=O)[C@@H]1CC[C@H](C(=O)O)O1. The van der Waals surface area contributed by atoms with Gasteiger partial charge < -0.3 is 14.7 Å². The molecule has 1 N–H and O–H groups in total. The number of nitrogens with zero attached hydrogens (tertiary/aromatic N) is 3. The van der Waals surface area contributed by atoms with Gasteiger partial charge in [-0.3, -0.25) is 9.48 Å². The molecular weight excluding hydrogens is 250 g/mol. The number of hydrogen-bond acceptors (Lipinski definition) is 4. The van der Waals surface area contributed by atoms with Crippen LogP contribution in [0.15, 0.2) is 12.4 Å². The molecule has 2 rings (SSSR count). The average Bonchev–Trinajstić information content (AvgIpc) is 2.97. The minimum Gasteiger partial charge on any atom is -0.479 e. The summed E-state index contributed by atoms with van der Waals surface area (Å²) in [6.45, 7) is 0.435. The maximum absolute atomic E-state index is 12.1. The molecule has 0 radical (unpaired) electrons. The summed E-state index contributed by atoms with van der Waals surface area (Å²) in [4.78, 5) is 24.4. The van der Waals surface area contributed by atoms with Crippen LogP contribution < -0.4 is 0 Å². The zero-order chi connectivity index (χ0) is 14.0. The summed E-state index contributed by atoms with van der Waals surface area (Å²) in [5, 5.41) is 12.9. The number of carbonyl (C=O) groups excluding carboxylic acids is 1. The van der Waals surface area contributed by atoms with Crippen molar-refractivity contribution in [3.63, 3.8) is 0 Å². The molecule has 1 aliphatic rings. The lowest BCUT2D eigenvalue weighted by atomic mass is 10.2. The van der Waals surface area contributed by atoms with Crippen molar-refractivity contribution in [2.45, 2.75) is 31.6 Å². The van der Waals surface area contributed by atoms with Crippen molar-refractivity contribution in [2.75, 3.05) is 7.05 Å².